The van der Waals surface area contributed by atoms with Crippen molar-refractivity contribution in [2.24, 2.45) is 0 Å². The van der Waals surface area contributed by atoms with Gasteiger partial charge in [0.25, 0.3) is 0 Å². The maximum Gasteiger partial charge on any atom is 0.0430 e. The number of aryl methyl sites for hydroxylation is 1. The molecule has 0 N–H and O–H groups in total. The van der Waals surface area contributed by atoms with Crippen LogP contribution >= 0.6 is 11.3 Å². The molecule has 5 aromatic rings. The predicted molar refractivity (Wildman–Crippen MR) is 171 cm³/mol. The van der Waals surface area contributed by atoms with Gasteiger partial charge in [0.2, 0.25) is 0 Å². The van der Waals surface area contributed by atoms with Crippen molar-refractivity contribution in [2.75, 3.05) is 0 Å². The van der Waals surface area contributed by atoms with E-state index in [2.05, 4.69) is 109 Å². The normalized spacial score (nSPS) is 16.9. The number of allylic oxidation sites excluding steroid dienone is 9. The molecule has 0 spiro atoms. The molecule has 8 rings (SSSR count). The lowest BCUT2D eigenvalue weighted by Crippen LogP contribution is -2.00. The summed E-state index contributed by atoms with van der Waals surface area (Å²) in [7, 11) is 0. The lowest BCUT2D eigenvalue weighted by Gasteiger charge is -2.22. The van der Waals surface area contributed by atoms with Gasteiger partial charge in [-0.1, -0.05) is 103 Å². The van der Waals surface area contributed by atoms with E-state index < -0.39 is 0 Å². The first kappa shape index (κ1) is 23.0. The molecule has 0 atom stereocenters. The molecule has 0 fully saturated rings. The molecule has 1 aromatic heterocycles. The van der Waals surface area contributed by atoms with Crippen LogP contribution in [0.1, 0.15) is 48.1 Å². The Morgan fingerprint density at radius 1 is 0.513 bits per heavy atom. The summed E-state index contributed by atoms with van der Waals surface area (Å²) in [6.07, 6.45) is 23.1. The van der Waals surface area contributed by atoms with E-state index in [4.69, 9.17) is 0 Å². The summed E-state index contributed by atoms with van der Waals surface area (Å²) in [5.41, 5.74) is 10.2. The first-order valence-electron chi connectivity index (χ1n) is 14.3. The fraction of sp³-hybridized carbons (Fsp3) is 0.158. The third-order valence-electron chi connectivity index (χ3n) is 8.78. The van der Waals surface area contributed by atoms with Gasteiger partial charge in [-0.05, 0) is 105 Å². The van der Waals surface area contributed by atoms with Crippen molar-refractivity contribution in [3.05, 3.63) is 130 Å². The number of rotatable bonds is 3. The van der Waals surface area contributed by atoms with Gasteiger partial charge < -0.3 is 0 Å². The maximum atomic E-state index is 2.41. The second-order valence-electron chi connectivity index (χ2n) is 11.0. The molecule has 188 valence electrons. The molecule has 0 radical (unpaired) electrons. The SMILES string of the molecule is C1=CCCC(C2=CC=C(c3c4ccccc4c(-c4cccc5c6c(sc45)C=CCC6)c4ccccc34)CC2)=C1. The highest BCUT2D eigenvalue weighted by atomic mass is 32.1. The fourth-order valence-electron chi connectivity index (χ4n) is 6.94. The molecule has 0 nitrogen and oxygen atoms in total. The first-order valence-corrected chi connectivity index (χ1v) is 15.1. The summed E-state index contributed by atoms with van der Waals surface area (Å²) >= 11 is 1.97. The second kappa shape index (κ2) is 9.36. The largest absolute Gasteiger partial charge is 0.135 e. The summed E-state index contributed by atoms with van der Waals surface area (Å²) in [4.78, 5) is 1.44. The topological polar surface area (TPSA) is 0 Å². The van der Waals surface area contributed by atoms with Gasteiger partial charge in [0.1, 0.15) is 0 Å². The lowest BCUT2D eigenvalue weighted by atomic mass is 9.81. The molecule has 1 heteroatoms. The first-order chi connectivity index (χ1) is 19.4. The summed E-state index contributed by atoms with van der Waals surface area (Å²) in [6.45, 7) is 0. The second-order valence-corrected chi connectivity index (χ2v) is 12.0. The number of benzene rings is 4. The van der Waals surface area contributed by atoms with Gasteiger partial charge in [0.05, 0.1) is 0 Å². The van der Waals surface area contributed by atoms with Crippen molar-refractivity contribution in [3.8, 4) is 11.1 Å². The van der Waals surface area contributed by atoms with Crippen LogP contribution in [-0.4, -0.2) is 0 Å². The molecule has 0 saturated carbocycles. The van der Waals surface area contributed by atoms with Crippen LogP contribution in [0.5, 0.6) is 0 Å². The lowest BCUT2D eigenvalue weighted by molar-refractivity contribution is 0.906. The van der Waals surface area contributed by atoms with Gasteiger partial charge in [-0.2, -0.15) is 0 Å². The Kier molecular flexibility index (Phi) is 5.52. The van der Waals surface area contributed by atoms with Crippen LogP contribution in [0, 0.1) is 0 Å². The van der Waals surface area contributed by atoms with Crippen LogP contribution in [-0.2, 0) is 6.42 Å². The Morgan fingerprint density at radius 3 is 1.85 bits per heavy atom. The molecule has 0 unspecified atom stereocenters. The molecular weight excluding hydrogens is 488 g/mol. The molecular formula is C38H30S. The van der Waals surface area contributed by atoms with Crippen LogP contribution in [0.2, 0.25) is 0 Å². The number of hydrogen-bond donors (Lipinski definition) is 0. The molecule has 1 heterocycles. The number of fused-ring (bicyclic) bond motifs is 5. The predicted octanol–water partition coefficient (Wildman–Crippen LogP) is 11.2. The van der Waals surface area contributed by atoms with Crippen molar-refractivity contribution >= 4 is 54.6 Å². The summed E-state index contributed by atoms with van der Waals surface area (Å²) in [5, 5.41) is 6.89. The fourth-order valence-corrected chi connectivity index (χ4v) is 8.24. The van der Waals surface area contributed by atoms with E-state index in [9.17, 15) is 0 Å². The number of hydrogen-bond acceptors (Lipinski definition) is 1. The third kappa shape index (κ3) is 3.72. The average molecular weight is 519 g/mol. The molecule has 3 aliphatic rings. The molecule has 0 saturated heterocycles. The number of thiophene rings is 1. The van der Waals surface area contributed by atoms with E-state index in [1.165, 1.54) is 81.9 Å². The Bertz CT molecular complexity index is 1890. The van der Waals surface area contributed by atoms with Gasteiger partial charge in [-0.25, -0.2) is 0 Å². The van der Waals surface area contributed by atoms with Crippen molar-refractivity contribution in [2.45, 2.75) is 38.5 Å². The van der Waals surface area contributed by atoms with Gasteiger partial charge >= 0.3 is 0 Å². The van der Waals surface area contributed by atoms with Gasteiger partial charge in [-0.3, -0.25) is 0 Å². The zero-order valence-corrected chi connectivity index (χ0v) is 22.9. The third-order valence-corrected chi connectivity index (χ3v) is 10.0. The maximum absolute atomic E-state index is 2.41. The minimum Gasteiger partial charge on any atom is -0.135 e. The van der Waals surface area contributed by atoms with Crippen molar-refractivity contribution < 1.29 is 0 Å². The van der Waals surface area contributed by atoms with Crippen LogP contribution in [0.25, 0.3) is 54.4 Å². The van der Waals surface area contributed by atoms with E-state index in [-0.39, 0.29) is 0 Å². The zero-order valence-electron chi connectivity index (χ0n) is 22.0. The van der Waals surface area contributed by atoms with Crippen LogP contribution in [0.4, 0.5) is 0 Å². The molecule has 39 heavy (non-hydrogen) atoms. The highest BCUT2D eigenvalue weighted by Crippen LogP contribution is 2.48. The Balaban J connectivity index is 1.39. The van der Waals surface area contributed by atoms with Crippen molar-refractivity contribution in [1.82, 2.24) is 0 Å². The highest BCUT2D eigenvalue weighted by molar-refractivity contribution is 7.20. The van der Waals surface area contributed by atoms with Gasteiger partial charge in [0, 0.05) is 15.1 Å². The minimum absolute atomic E-state index is 1.08. The van der Waals surface area contributed by atoms with Gasteiger partial charge in [-0.15, -0.1) is 11.3 Å². The molecule has 3 aliphatic carbocycles. The van der Waals surface area contributed by atoms with Crippen LogP contribution < -0.4 is 0 Å². The van der Waals surface area contributed by atoms with E-state index in [1.807, 2.05) is 11.3 Å². The average Bonchev–Trinajstić information content (AvgIpc) is 3.40. The Hall–Kier alpha value is -3.94. The van der Waals surface area contributed by atoms with E-state index in [1.54, 1.807) is 0 Å². The molecule has 4 aromatic carbocycles. The summed E-state index contributed by atoms with van der Waals surface area (Å²) in [5.74, 6) is 0. The van der Waals surface area contributed by atoms with E-state index >= 15 is 0 Å². The van der Waals surface area contributed by atoms with Crippen molar-refractivity contribution in [1.29, 1.82) is 0 Å². The minimum atomic E-state index is 1.08. The summed E-state index contributed by atoms with van der Waals surface area (Å²) < 4.78 is 1.43. The van der Waals surface area contributed by atoms with Crippen molar-refractivity contribution in [3.63, 3.8) is 0 Å². The van der Waals surface area contributed by atoms with Crippen LogP contribution in [0.3, 0.4) is 0 Å². The van der Waals surface area contributed by atoms with E-state index in [0.29, 0.717) is 0 Å². The molecule has 0 bridgehead atoms. The smallest absolute Gasteiger partial charge is 0.0430 e. The Morgan fingerprint density at radius 2 is 1.15 bits per heavy atom. The highest BCUT2D eigenvalue weighted by Gasteiger charge is 2.22. The van der Waals surface area contributed by atoms with E-state index in [0.717, 1.165) is 32.1 Å². The Labute approximate surface area is 234 Å². The van der Waals surface area contributed by atoms with Crippen LogP contribution in [0.15, 0.2) is 114 Å². The standard InChI is InChI=1S/C38H30S/c1-2-11-25(12-3-1)26-21-23-27(24-22-26)36-29-14-4-6-16-31(29)37(32-17-7-5-15-30(32)36)34-19-10-18-33-28-13-8-9-20-35(28)39-38(33)34/h1-2,4-7,9-11,14-21,23H,3,8,12-13,22,24H2. The summed E-state index contributed by atoms with van der Waals surface area (Å²) in [6, 6.07) is 25.2. The van der Waals surface area contributed by atoms with Gasteiger partial charge in [0.15, 0.2) is 0 Å². The molecule has 0 amide bonds. The molecule has 0 aliphatic heterocycles. The monoisotopic (exact) mass is 518 g/mol. The quantitative estimate of drug-likeness (QED) is 0.208. The zero-order chi connectivity index (χ0) is 25.8.